The Morgan fingerprint density at radius 1 is 1.18 bits per heavy atom. The van der Waals surface area contributed by atoms with E-state index in [-0.39, 0.29) is 24.6 Å². The second-order valence-electron chi connectivity index (χ2n) is 7.98. The number of nitrogens with zero attached hydrogens (tertiary/aromatic N) is 2. The minimum atomic E-state index is -4.73. The third-order valence-corrected chi connectivity index (χ3v) is 5.68. The molecule has 1 saturated heterocycles. The minimum Gasteiger partial charge on any atom is -0.484 e. The first-order chi connectivity index (χ1) is 16.0. The molecule has 34 heavy (non-hydrogen) atoms. The van der Waals surface area contributed by atoms with Gasteiger partial charge in [-0.15, -0.1) is 23.4 Å². The van der Waals surface area contributed by atoms with Crippen molar-refractivity contribution in [3.8, 4) is 5.75 Å². The number of rotatable bonds is 7. The highest BCUT2D eigenvalue weighted by Gasteiger charge is 2.49. The quantitative estimate of drug-likeness (QED) is 0.557. The van der Waals surface area contributed by atoms with E-state index < -0.39 is 62.0 Å². The smallest absolute Gasteiger partial charge is 0.484 e. The van der Waals surface area contributed by atoms with Gasteiger partial charge in [-0.25, -0.2) is 8.78 Å². The average molecular weight is 512 g/mol. The third-order valence-electron chi connectivity index (χ3n) is 5.43. The van der Waals surface area contributed by atoms with Gasteiger partial charge in [-0.3, -0.25) is 9.53 Å². The molecule has 2 fully saturated rings. The Bertz CT molecular complexity index is 997. The first-order valence-corrected chi connectivity index (χ1v) is 10.6. The Labute approximate surface area is 194 Å². The van der Waals surface area contributed by atoms with Crippen molar-refractivity contribution in [2.24, 2.45) is 0 Å². The molecule has 0 spiro atoms. The molecule has 0 bridgehead atoms. The van der Waals surface area contributed by atoms with Crippen LogP contribution in [0, 0.1) is 0 Å². The maximum atomic E-state index is 14.7. The van der Waals surface area contributed by atoms with Gasteiger partial charge in [0.1, 0.15) is 17.9 Å². The lowest BCUT2D eigenvalue weighted by atomic mass is 9.82. The van der Waals surface area contributed by atoms with Crippen molar-refractivity contribution in [3.05, 3.63) is 41.1 Å². The summed E-state index contributed by atoms with van der Waals surface area (Å²) in [6.07, 6.45) is -7.75. The molecule has 4 rings (SSSR count). The van der Waals surface area contributed by atoms with E-state index in [2.05, 4.69) is 20.3 Å². The van der Waals surface area contributed by atoms with Gasteiger partial charge in [-0.2, -0.15) is 0 Å². The summed E-state index contributed by atoms with van der Waals surface area (Å²) in [6, 6.07) is 4.58. The van der Waals surface area contributed by atoms with Crippen molar-refractivity contribution in [3.63, 3.8) is 0 Å². The summed E-state index contributed by atoms with van der Waals surface area (Å²) >= 11 is 5.75. The molecule has 2 aliphatic rings. The molecule has 2 atom stereocenters. The molecule has 14 heteroatoms. The lowest BCUT2D eigenvalue weighted by molar-refractivity contribution is -0.352. The van der Waals surface area contributed by atoms with Crippen LogP contribution in [0.15, 0.2) is 28.7 Å². The summed E-state index contributed by atoms with van der Waals surface area (Å²) in [7, 11) is 0. The maximum Gasteiger partial charge on any atom is 0.522 e. The Morgan fingerprint density at radius 3 is 2.50 bits per heavy atom. The number of benzene rings is 1. The number of alkyl halides is 5. The second kappa shape index (κ2) is 9.62. The van der Waals surface area contributed by atoms with E-state index in [9.17, 15) is 26.7 Å². The molecule has 1 N–H and O–H groups in total. The van der Waals surface area contributed by atoms with Crippen molar-refractivity contribution >= 4 is 17.5 Å². The largest absolute Gasteiger partial charge is 0.522 e. The molecular weight excluding hydrogens is 493 g/mol. The fourth-order valence-corrected chi connectivity index (χ4v) is 3.72. The predicted octanol–water partition coefficient (Wildman–Crippen LogP) is 4.17. The van der Waals surface area contributed by atoms with Crippen LogP contribution in [-0.4, -0.2) is 53.7 Å². The van der Waals surface area contributed by atoms with E-state index in [1.54, 1.807) is 12.1 Å². The zero-order chi connectivity index (χ0) is 24.5. The molecule has 1 aliphatic heterocycles. The van der Waals surface area contributed by atoms with Crippen LogP contribution < -0.4 is 10.1 Å². The van der Waals surface area contributed by atoms with E-state index in [0.717, 1.165) is 0 Å². The van der Waals surface area contributed by atoms with Crippen molar-refractivity contribution in [1.29, 1.82) is 0 Å². The number of nitrogens with one attached hydrogen (secondary N) is 1. The van der Waals surface area contributed by atoms with Gasteiger partial charge >= 0.3 is 6.36 Å². The molecule has 0 unspecified atom stereocenters. The van der Waals surface area contributed by atoms with Gasteiger partial charge in [0.25, 0.3) is 11.8 Å². The fraction of sp³-hybridized carbons (Fsp3) is 0.550. The lowest BCUT2D eigenvalue weighted by Crippen LogP contribution is -2.55. The van der Waals surface area contributed by atoms with Gasteiger partial charge in [0.05, 0.1) is 12.7 Å². The normalized spacial score (nSPS) is 26.5. The van der Waals surface area contributed by atoms with E-state index >= 15 is 0 Å². The van der Waals surface area contributed by atoms with Crippen LogP contribution in [0.3, 0.4) is 0 Å². The van der Waals surface area contributed by atoms with Gasteiger partial charge in [-0.1, -0.05) is 11.6 Å². The average Bonchev–Trinajstić information content (AvgIpc) is 3.20. The SMILES string of the molecule is O=C(COc1ccc(Cl)cc1)N[C@H]1CO[C@H](c2nnc(C3CC(OC(F)(F)F)C3)o2)CC1(F)F. The van der Waals surface area contributed by atoms with E-state index in [1.165, 1.54) is 12.1 Å². The van der Waals surface area contributed by atoms with Crippen molar-refractivity contribution in [2.75, 3.05) is 13.2 Å². The molecular formula is C20H19ClF5N3O5. The number of halogens is 6. The molecule has 1 amide bonds. The van der Waals surface area contributed by atoms with Gasteiger partial charge in [0.15, 0.2) is 6.61 Å². The van der Waals surface area contributed by atoms with Crippen LogP contribution in [0.25, 0.3) is 0 Å². The number of hydrogen-bond donors (Lipinski definition) is 1. The monoisotopic (exact) mass is 511 g/mol. The van der Waals surface area contributed by atoms with Crippen molar-refractivity contribution in [1.82, 2.24) is 15.5 Å². The Kier molecular flexibility index (Phi) is 6.97. The molecule has 8 nitrogen and oxygen atoms in total. The Balaban J connectivity index is 1.26. The maximum absolute atomic E-state index is 14.7. The third kappa shape index (κ3) is 6.13. The standard InChI is InChI=1S/C20H19ClF5N3O5/c21-11-1-3-12(4-2-11)31-9-16(30)27-15-8-32-14(7-19(15,22)23)18-29-28-17(33-18)10-5-13(6-10)34-20(24,25)26/h1-4,10,13-15H,5-9H2,(H,27,30)/t10?,13?,14-,15-/m0/s1. The highest BCUT2D eigenvalue weighted by molar-refractivity contribution is 6.30. The number of amides is 1. The summed E-state index contributed by atoms with van der Waals surface area (Å²) in [5.41, 5.74) is 0. The zero-order valence-corrected chi connectivity index (χ0v) is 18.1. The second-order valence-corrected chi connectivity index (χ2v) is 8.42. The summed E-state index contributed by atoms with van der Waals surface area (Å²) in [5, 5.41) is 10.1. The molecule has 1 saturated carbocycles. The molecule has 186 valence electrons. The van der Waals surface area contributed by atoms with Gasteiger partial charge in [0, 0.05) is 17.4 Å². The highest BCUT2D eigenvalue weighted by Crippen LogP contribution is 2.42. The molecule has 2 heterocycles. The summed E-state index contributed by atoms with van der Waals surface area (Å²) in [4.78, 5) is 12.0. The first-order valence-electron chi connectivity index (χ1n) is 10.2. The zero-order valence-electron chi connectivity index (χ0n) is 17.4. The van der Waals surface area contributed by atoms with E-state index in [0.29, 0.717) is 10.8 Å². The fourth-order valence-electron chi connectivity index (χ4n) is 3.60. The highest BCUT2D eigenvalue weighted by atomic mass is 35.5. The van der Waals surface area contributed by atoms with Gasteiger partial charge < -0.3 is 19.2 Å². The summed E-state index contributed by atoms with van der Waals surface area (Å²) < 4.78 is 85.9. The van der Waals surface area contributed by atoms with Crippen molar-refractivity contribution < 1.29 is 45.4 Å². The van der Waals surface area contributed by atoms with Gasteiger partial charge in [-0.05, 0) is 37.1 Å². The minimum absolute atomic E-state index is 0.0228. The van der Waals surface area contributed by atoms with Crippen LogP contribution in [0.1, 0.15) is 43.1 Å². The number of ether oxygens (including phenoxy) is 3. The van der Waals surface area contributed by atoms with Crippen LogP contribution >= 0.6 is 11.6 Å². The van der Waals surface area contributed by atoms with Crippen LogP contribution in [0.5, 0.6) is 5.75 Å². The molecule has 1 aliphatic carbocycles. The number of aromatic nitrogens is 2. The molecule has 1 aromatic heterocycles. The van der Waals surface area contributed by atoms with Gasteiger partial charge in [0.2, 0.25) is 11.8 Å². The van der Waals surface area contributed by atoms with Crippen LogP contribution in [-0.2, 0) is 14.3 Å². The number of carbonyl (C=O) groups is 1. The molecule has 1 aromatic carbocycles. The summed E-state index contributed by atoms with van der Waals surface area (Å²) in [5.74, 6) is -4.38. The molecule has 0 radical (unpaired) electrons. The van der Waals surface area contributed by atoms with E-state index in [4.69, 9.17) is 25.5 Å². The lowest BCUT2D eigenvalue weighted by Gasteiger charge is -2.35. The Hall–Kier alpha value is -2.51. The topological polar surface area (TPSA) is 95.7 Å². The van der Waals surface area contributed by atoms with Crippen LogP contribution in [0.4, 0.5) is 22.0 Å². The predicted molar refractivity (Wildman–Crippen MR) is 104 cm³/mol. The van der Waals surface area contributed by atoms with Crippen LogP contribution in [0.2, 0.25) is 5.02 Å². The number of hydrogen-bond acceptors (Lipinski definition) is 7. The van der Waals surface area contributed by atoms with Crippen molar-refractivity contribution in [2.45, 2.75) is 55.7 Å². The Morgan fingerprint density at radius 2 is 1.85 bits per heavy atom. The molecule has 2 aromatic rings. The summed E-state index contributed by atoms with van der Waals surface area (Å²) in [6.45, 7) is -1.00. The first kappa shape index (κ1) is 24.6. The number of carbonyl (C=O) groups excluding carboxylic acids is 1. The van der Waals surface area contributed by atoms with E-state index in [1.807, 2.05) is 0 Å².